The Hall–Kier alpha value is -1.55. The van der Waals surface area contributed by atoms with Gasteiger partial charge in [-0.2, -0.15) is 0 Å². The van der Waals surface area contributed by atoms with Crippen LogP contribution in [0.3, 0.4) is 0 Å². The van der Waals surface area contributed by atoms with Gasteiger partial charge in [0.05, 0.1) is 12.7 Å². The topological polar surface area (TPSA) is 62.3 Å². The minimum atomic E-state index is 0.0373. The molecule has 1 rings (SSSR count). The molecular formula is C13H21N3O. The van der Waals surface area contributed by atoms with Crippen molar-refractivity contribution in [2.24, 2.45) is 5.73 Å². The Labute approximate surface area is 103 Å². The average Bonchev–Trinajstić information content (AvgIpc) is 2.28. The molecule has 0 atom stereocenters. The maximum absolute atomic E-state index is 7.44. The van der Waals surface area contributed by atoms with Gasteiger partial charge in [0, 0.05) is 6.54 Å². The third-order valence-corrected chi connectivity index (χ3v) is 2.61. The molecule has 94 valence electrons. The molecule has 0 aromatic heterocycles. The number of methoxy groups -OCH3 is 1. The van der Waals surface area contributed by atoms with Gasteiger partial charge in [0.2, 0.25) is 0 Å². The highest BCUT2D eigenvalue weighted by molar-refractivity contribution is 5.97. The smallest absolute Gasteiger partial charge is 0.130 e. The fraction of sp³-hybridized carbons (Fsp3) is 0.462. The Bertz CT molecular complexity index is 390. The zero-order valence-electron chi connectivity index (χ0n) is 10.8. The van der Waals surface area contributed by atoms with E-state index in [1.165, 1.54) is 5.56 Å². The van der Waals surface area contributed by atoms with Crippen molar-refractivity contribution in [2.75, 3.05) is 20.7 Å². The van der Waals surface area contributed by atoms with Gasteiger partial charge in [-0.1, -0.05) is 13.0 Å². The zero-order chi connectivity index (χ0) is 12.8. The number of nitrogen functional groups attached to an aromatic ring is 1. The second-order valence-electron chi connectivity index (χ2n) is 4.19. The van der Waals surface area contributed by atoms with Crippen LogP contribution in [0.5, 0.6) is 5.75 Å². The van der Waals surface area contributed by atoms with Gasteiger partial charge in [-0.15, -0.1) is 0 Å². The molecule has 4 heteroatoms. The van der Waals surface area contributed by atoms with Crippen molar-refractivity contribution < 1.29 is 4.74 Å². The Morgan fingerprint density at radius 1 is 1.47 bits per heavy atom. The Balaban J connectivity index is 2.86. The van der Waals surface area contributed by atoms with E-state index < -0.39 is 0 Å². The number of nitrogens with one attached hydrogen (secondary N) is 1. The van der Waals surface area contributed by atoms with E-state index in [1.807, 2.05) is 18.2 Å². The molecule has 0 unspecified atom stereocenters. The van der Waals surface area contributed by atoms with Crippen molar-refractivity contribution in [3.63, 3.8) is 0 Å². The molecule has 1 aromatic rings. The molecule has 0 spiro atoms. The molecule has 17 heavy (non-hydrogen) atoms. The standard InChI is InChI=1S/C13H21N3O/c1-4-7-16(2)9-10-5-6-11(13(14)15)12(8-10)17-3/h5-6,8H,4,7,9H2,1-3H3,(H3,14,15). The summed E-state index contributed by atoms with van der Waals surface area (Å²) in [7, 11) is 3.69. The normalized spacial score (nSPS) is 10.6. The first kappa shape index (κ1) is 13.5. The Kier molecular flexibility index (Phi) is 4.97. The van der Waals surface area contributed by atoms with E-state index in [9.17, 15) is 0 Å². The third kappa shape index (κ3) is 3.75. The molecule has 0 radical (unpaired) electrons. The molecule has 3 N–H and O–H groups in total. The lowest BCUT2D eigenvalue weighted by atomic mass is 10.1. The third-order valence-electron chi connectivity index (χ3n) is 2.61. The summed E-state index contributed by atoms with van der Waals surface area (Å²) in [5.41, 5.74) is 7.30. The summed E-state index contributed by atoms with van der Waals surface area (Å²) in [5, 5.41) is 7.44. The van der Waals surface area contributed by atoms with Gasteiger partial charge in [0.1, 0.15) is 11.6 Å². The summed E-state index contributed by atoms with van der Waals surface area (Å²) in [6, 6.07) is 5.78. The van der Waals surface area contributed by atoms with E-state index in [0.29, 0.717) is 11.3 Å². The van der Waals surface area contributed by atoms with Crippen LogP contribution >= 0.6 is 0 Å². The summed E-state index contributed by atoms with van der Waals surface area (Å²) in [5.74, 6) is 0.704. The highest BCUT2D eigenvalue weighted by Gasteiger charge is 2.08. The minimum Gasteiger partial charge on any atom is -0.496 e. The predicted molar refractivity (Wildman–Crippen MR) is 70.6 cm³/mol. The summed E-state index contributed by atoms with van der Waals surface area (Å²) < 4.78 is 5.25. The van der Waals surface area contributed by atoms with Crippen molar-refractivity contribution in [2.45, 2.75) is 19.9 Å². The van der Waals surface area contributed by atoms with Crippen LogP contribution in [0.15, 0.2) is 18.2 Å². The van der Waals surface area contributed by atoms with Crippen LogP contribution < -0.4 is 10.5 Å². The fourth-order valence-corrected chi connectivity index (χ4v) is 1.83. The summed E-state index contributed by atoms with van der Waals surface area (Å²) in [6.07, 6.45) is 1.14. The van der Waals surface area contributed by atoms with Crippen molar-refractivity contribution in [1.29, 1.82) is 5.41 Å². The van der Waals surface area contributed by atoms with Gasteiger partial charge in [-0.05, 0) is 37.7 Å². The molecule has 0 saturated heterocycles. The molecule has 0 heterocycles. The number of ether oxygens (including phenoxy) is 1. The molecular weight excluding hydrogens is 214 g/mol. The van der Waals surface area contributed by atoms with E-state index in [-0.39, 0.29) is 5.84 Å². The molecule has 0 bridgehead atoms. The lowest BCUT2D eigenvalue weighted by Gasteiger charge is -2.16. The van der Waals surface area contributed by atoms with Gasteiger partial charge in [-0.25, -0.2) is 0 Å². The number of amidine groups is 1. The van der Waals surface area contributed by atoms with E-state index in [2.05, 4.69) is 18.9 Å². The van der Waals surface area contributed by atoms with E-state index in [0.717, 1.165) is 19.5 Å². The second kappa shape index (κ2) is 6.25. The average molecular weight is 235 g/mol. The number of hydrogen-bond acceptors (Lipinski definition) is 3. The summed E-state index contributed by atoms with van der Waals surface area (Å²) in [4.78, 5) is 2.25. The molecule has 4 nitrogen and oxygen atoms in total. The lowest BCUT2D eigenvalue weighted by Crippen LogP contribution is -2.19. The van der Waals surface area contributed by atoms with Crippen molar-refractivity contribution in [3.05, 3.63) is 29.3 Å². The van der Waals surface area contributed by atoms with Crippen LogP contribution in [0, 0.1) is 5.41 Å². The van der Waals surface area contributed by atoms with Gasteiger partial charge in [0.25, 0.3) is 0 Å². The van der Waals surface area contributed by atoms with Crippen molar-refractivity contribution >= 4 is 5.84 Å². The van der Waals surface area contributed by atoms with E-state index in [1.54, 1.807) is 7.11 Å². The monoisotopic (exact) mass is 235 g/mol. The zero-order valence-corrected chi connectivity index (χ0v) is 10.8. The molecule has 0 amide bonds. The van der Waals surface area contributed by atoms with Crippen LogP contribution in [-0.4, -0.2) is 31.4 Å². The molecule has 1 aromatic carbocycles. The largest absolute Gasteiger partial charge is 0.496 e. The van der Waals surface area contributed by atoms with Gasteiger partial charge >= 0.3 is 0 Å². The van der Waals surface area contributed by atoms with Crippen molar-refractivity contribution in [3.8, 4) is 5.75 Å². The quantitative estimate of drug-likeness (QED) is 0.584. The molecule has 0 aliphatic rings. The summed E-state index contributed by atoms with van der Waals surface area (Å²) in [6.45, 7) is 4.11. The van der Waals surface area contributed by atoms with E-state index >= 15 is 0 Å². The van der Waals surface area contributed by atoms with Gasteiger partial charge in [0.15, 0.2) is 0 Å². The lowest BCUT2D eigenvalue weighted by molar-refractivity contribution is 0.326. The molecule has 0 fully saturated rings. The first-order chi connectivity index (χ1) is 8.08. The first-order valence-electron chi connectivity index (χ1n) is 5.78. The van der Waals surface area contributed by atoms with Crippen LogP contribution in [0.2, 0.25) is 0 Å². The Morgan fingerprint density at radius 3 is 2.71 bits per heavy atom. The molecule has 0 aliphatic heterocycles. The number of hydrogen-bond donors (Lipinski definition) is 2. The van der Waals surface area contributed by atoms with Crippen LogP contribution in [0.4, 0.5) is 0 Å². The maximum atomic E-state index is 7.44. The SMILES string of the molecule is CCCN(C)Cc1ccc(C(=N)N)c(OC)c1. The number of nitrogens with two attached hydrogens (primary N) is 1. The predicted octanol–water partition coefficient (Wildman–Crippen LogP) is 1.82. The van der Waals surface area contributed by atoms with Crippen molar-refractivity contribution in [1.82, 2.24) is 4.90 Å². The number of nitrogens with zero attached hydrogens (tertiary/aromatic N) is 1. The minimum absolute atomic E-state index is 0.0373. The van der Waals surface area contributed by atoms with Crippen LogP contribution in [0.25, 0.3) is 0 Å². The maximum Gasteiger partial charge on any atom is 0.130 e. The Morgan fingerprint density at radius 2 is 2.18 bits per heavy atom. The number of rotatable bonds is 6. The van der Waals surface area contributed by atoms with Crippen LogP contribution in [0.1, 0.15) is 24.5 Å². The van der Waals surface area contributed by atoms with Gasteiger partial charge in [-0.3, -0.25) is 5.41 Å². The molecule has 0 aliphatic carbocycles. The highest BCUT2D eigenvalue weighted by Crippen LogP contribution is 2.20. The van der Waals surface area contributed by atoms with Gasteiger partial charge < -0.3 is 15.4 Å². The summed E-state index contributed by atoms with van der Waals surface area (Å²) >= 11 is 0. The number of benzene rings is 1. The first-order valence-corrected chi connectivity index (χ1v) is 5.78. The van der Waals surface area contributed by atoms with Crippen LogP contribution in [-0.2, 0) is 6.54 Å². The molecule has 0 saturated carbocycles. The highest BCUT2D eigenvalue weighted by atomic mass is 16.5. The fourth-order valence-electron chi connectivity index (χ4n) is 1.83. The van der Waals surface area contributed by atoms with E-state index in [4.69, 9.17) is 15.9 Å². The second-order valence-corrected chi connectivity index (χ2v) is 4.19.